The van der Waals surface area contributed by atoms with E-state index in [1.54, 1.807) is 0 Å². The van der Waals surface area contributed by atoms with E-state index in [-0.39, 0.29) is 5.91 Å². The summed E-state index contributed by atoms with van der Waals surface area (Å²) in [6.07, 6.45) is 4.62. The van der Waals surface area contributed by atoms with Crippen LogP contribution in [0.5, 0.6) is 0 Å². The number of carbonyl (C=O) groups is 1. The Morgan fingerprint density at radius 3 is 2.45 bits per heavy atom. The molecule has 2 saturated heterocycles. The molecule has 0 aromatic heterocycles. The van der Waals surface area contributed by atoms with Crippen molar-refractivity contribution in [1.82, 2.24) is 9.80 Å². The molecule has 0 saturated carbocycles. The minimum absolute atomic E-state index is 0.191. The molecule has 4 rings (SSSR count). The van der Waals surface area contributed by atoms with Gasteiger partial charge in [-0.05, 0) is 61.4 Å². The Morgan fingerprint density at radius 2 is 1.69 bits per heavy atom. The van der Waals surface area contributed by atoms with Crippen LogP contribution in [0.4, 0.5) is 0 Å². The fraction of sp³-hybridized carbons (Fsp3) is 0.480. The van der Waals surface area contributed by atoms with Crippen molar-refractivity contribution in [1.29, 1.82) is 0 Å². The number of carbonyl (C=O) groups excluding carboxylic acids is 1. The summed E-state index contributed by atoms with van der Waals surface area (Å²) in [5, 5.41) is 0. The van der Waals surface area contributed by atoms with Gasteiger partial charge < -0.3 is 14.5 Å². The summed E-state index contributed by atoms with van der Waals surface area (Å²) in [6.45, 7) is 6.61. The van der Waals surface area contributed by atoms with Crippen LogP contribution in [-0.4, -0.2) is 55.0 Å². The predicted octanol–water partition coefficient (Wildman–Crippen LogP) is 4.00. The molecule has 2 heterocycles. The number of likely N-dealkylation sites (tertiary alicyclic amines) is 2. The van der Waals surface area contributed by atoms with E-state index in [1.807, 2.05) is 23.1 Å². The fourth-order valence-corrected chi connectivity index (χ4v) is 4.46. The average molecular weight is 393 g/mol. The van der Waals surface area contributed by atoms with Crippen LogP contribution in [0.25, 0.3) is 0 Å². The molecule has 154 valence electrons. The number of benzene rings is 2. The van der Waals surface area contributed by atoms with Gasteiger partial charge in [-0.25, -0.2) is 0 Å². The van der Waals surface area contributed by atoms with Crippen LogP contribution in [-0.2, 0) is 17.8 Å². The van der Waals surface area contributed by atoms with Gasteiger partial charge in [-0.15, -0.1) is 0 Å². The number of amides is 1. The van der Waals surface area contributed by atoms with Gasteiger partial charge in [0.05, 0.1) is 13.2 Å². The third kappa shape index (κ3) is 5.68. The summed E-state index contributed by atoms with van der Waals surface area (Å²) < 4.78 is 5.84. The molecule has 2 aromatic rings. The summed E-state index contributed by atoms with van der Waals surface area (Å²) in [4.78, 5) is 17.0. The maximum Gasteiger partial charge on any atom is 0.253 e. The van der Waals surface area contributed by atoms with Gasteiger partial charge in [0.1, 0.15) is 0 Å². The van der Waals surface area contributed by atoms with Crippen molar-refractivity contribution >= 4 is 5.91 Å². The maximum absolute atomic E-state index is 12.5. The van der Waals surface area contributed by atoms with Gasteiger partial charge in [0, 0.05) is 31.7 Å². The lowest BCUT2D eigenvalue weighted by molar-refractivity contribution is 0.0793. The monoisotopic (exact) mass is 392 g/mol. The summed E-state index contributed by atoms with van der Waals surface area (Å²) >= 11 is 0. The van der Waals surface area contributed by atoms with Crippen molar-refractivity contribution in [2.24, 2.45) is 5.92 Å². The Bertz CT molecular complexity index is 769. The first-order chi connectivity index (χ1) is 14.3. The predicted molar refractivity (Wildman–Crippen MR) is 116 cm³/mol. The Hall–Kier alpha value is -2.17. The average Bonchev–Trinajstić information content (AvgIpc) is 3.45. The molecule has 2 fully saturated rings. The highest BCUT2D eigenvalue weighted by Gasteiger charge is 2.23. The van der Waals surface area contributed by atoms with E-state index in [9.17, 15) is 4.79 Å². The van der Waals surface area contributed by atoms with Gasteiger partial charge in [-0.2, -0.15) is 0 Å². The topological polar surface area (TPSA) is 32.8 Å². The maximum atomic E-state index is 12.5. The number of hydrogen-bond donors (Lipinski definition) is 0. The zero-order chi connectivity index (χ0) is 19.9. The minimum Gasteiger partial charge on any atom is -0.375 e. The van der Waals surface area contributed by atoms with Crippen molar-refractivity contribution in [3.05, 3.63) is 71.3 Å². The van der Waals surface area contributed by atoms with Crippen LogP contribution in [0.1, 0.15) is 40.7 Å². The molecule has 1 atom stereocenters. The van der Waals surface area contributed by atoms with E-state index in [0.717, 1.165) is 64.2 Å². The van der Waals surface area contributed by atoms with E-state index >= 15 is 0 Å². The van der Waals surface area contributed by atoms with Crippen molar-refractivity contribution in [3.8, 4) is 0 Å². The molecule has 2 aliphatic heterocycles. The third-order valence-electron chi connectivity index (χ3n) is 6.15. The van der Waals surface area contributed by atoms with Crippen molar-refractivity contribution in [3.63, 3.8) is 0 Å². The Balaban J connectivity index is 1.17. The largest absolute Gasteiger partial charge is 0.375 e. The normalized spacial score (nSPS) is 19.7. The zero-order valence-corrected chi connectivity index (χ0v) is 17.3. The van der Waals surface area contributed by atoms with Crippen LogP contribution in [0, 0.1) is 5.92 Å². The molecule has 1 unspecified atom stereocenters. The lowest BCUT2D eigenvalue weighted by Gasteiger charge is -2.17. The van der Waals surface area contributed by atoms with Gasteiger partial charge in [0.25, 0.3) is 5.91 Å². The summed E-state index contributed by atoms with van der Waals surface area (Å²) in [5.41, 5.74) is 3.41. The molecule has 0 radical (unpaired) electrons. The van der Waals surface area contributed by atoms with Gasteiger partial charge >= 0.3 is 0 Å². The molecule has 0 aliphatic carbocycles. The van der Waals surface area contributed by atoms with Crippen LogP contribution in [0.15, 0.2) is 54.6 Å². The van der Waals surface area contributed by atoms with Gasteiger partial charge in [0.15, 0.2) is 0 Å². The summed E-state index contributed by atoms with van der Waals surface area (Å²) in [7, 11) is 0. The Morgan fingerprint density at radius 1 is 0.931 bits per heavy atom. The van der Waals surface area contributed by atoms with Gasteiger partial charge in [-0.1, -0.05) is 42.5 Å². The third-order valence-corrected chi connectivity index (χ3v) is 6.15. The highest BCUT2D eigenvalue weighted by molar-refractivity contribution is 5.94. The van der Waals surface area contributed by atoms with Crippen molar-refractivity contribution in [2.45, 2.75) is 32.3 Å². The van der Waals surface area contributed by atoms with Crippen molar-refractivity contribution in [2.75, 3.05) is 39.3 Å². The molecule has 4 heteroatoms. The highest BCUT2D eigenvalue weighted by Crippen LogP contribution is 2.21. The second-order valence-corrected chi connectivity index (χ2v) is 8.39. The van der Waals surface area contributed by atoms with Crippen LogP contribution < -0.4 is 0 Å². The minimum atomic E-state index is 0.191. The van der Waals surface area contributed by atoms with E-state index in [4.69, 9.17) is 4.74 Å². The number of ether oxygens (including phenoxy) is 1. The molecule has 2 aromatic carbocycles. The Labute approximate surface area is 174 Å². The number of nitrogens with zero attached hydrogens (tertiary/aromatic N) is 2. The van der Waals surface area contributed by atoms with Crippen LogP contribution >= 0.6 is 0 Å². The SMILES string of the molecule is O=C(c1ccc(CC2CCN(CCOCc3ccccc3)C2)cc1)N1CCCC1. The lowest BCUT2D eigenvalue weighted by atomic mass is 9.98. The summed E-state index contributed by atoms with van der Waals surface area (Å²) in [5.74, 6) is 0.890. The Kier molecular flexibility index (Phi) is 6.96. The standard InChI is InChI=1S/C25H32N2O2/c28-25(27-13-4-5-14-27)24-10-8-21(9-11-24)18-23-12-15-26(19-23)16-17-29-20-22-6-2-1-3-7-22/h1-3,6-11,23H,4-5,12-20H2. The lowest BCUT2D eigenvalue weighted by Crippen LogP contribution is -2.27. The van der Waals surface area contributed by atoms with Gasteiger partial charge in [-0.3, -0.25) is 4.79 Å². The van der Waals surface area contributed by atoms with E-state index in [1.165, 1.54) is 17.5 Å². The van der Waals surface area contributed by atoms with Crippen molar-refractivity contribution < 1.29 is 9.53 Å². The van der Waals surface area contributed by atoms with Crippen LogP contribution in [0.2, 0.25) is 0 Å². The first kappa shape index (κ1) is 20.1. The molecule has 0 N–H and O–H groups in total. The smallest absolute Gasteiger partial charge is 0.253 e. The number of rotatable bonds is 8. The molecule has 2 aliphatic rings. The summed E-state index contributed by atoms with van der Waals surface area (Å²) in [6, 6.07) is 18.7. The molecular weight excluding hydrogens is 360 g/mol. The van der Waals surface area contributed by atoms with E-state index in [2.05, 4.69) is 41.3 Å². The molecule has 0 bridgehead atoms. The second-order valence-electron chi connectivity index (χ2n) is 8.39. The first-order valence-corrected chi connectivity index (χ1v) is 11.0. The molecular formula is C25H32N2O2. The molecule has 29 heavy (non-hydrogen) atoms. The number of hydrogen-bond acceptors (Lipinski definition) is 3. The first-order valence-electron chi connectivity index (χ1n) is 11.0. The van der Waals surface area contributed by atoms with E-state index in [0.29, 0.717) is 12.5 Å². The highest BCUT2D eigenvalue weighted by atomic mass is 16.5. The van der Waals surface area contributed by atoms with Crippen LogP contribution in [0.3, 0.4) is 0 Å². The fourth-order valence-electron chi connectivity index (χ4n) is 4.46. The van der Waals surface area contributed by atoms with E-state index < -0.39 is 0 Å². The second kappa shape index (κ2) is 10.0. The molecule has 0 spiro atoms. The van der Waals surface area contributed by atoms with Gasteiger partial charge in [0.2, 0.25) is 0 Å². The zero-order valence-electron chi connectivity index (χ0n) is 17.3. The molecule has 4 nitrogen and oxygen atoms in total. The quantitative estimate of drug-likeness (QED) is 0.637. The molecule has 1 amide bonds.